The minimum absolute atomic E-state index is 0.00922. The van der Waals surface area contributed by atoms with Crippen molar-refractivity contribution >= 4 is 5.95 Å². The average Bonchev–Trinajstić information content (AvgIpc) is 3.23. The van der Waals surface area contributed by atoms with Gasteiger partial charge in [0.05, 0.1) is 0 Å². The molecular weight excluding hydrogens is 396 g/mol. The van der Waals surface area contributed by atoms with Crippen LogP contribution in [0.5, 0.6) is 0 Å². The molecule has 2 N–H and O–H groups in total. The second-order valence-electron chi connectivity index (χ2n) is 8.27. The maximum atomic E-state index is 6.14. The topological polar surface area (TPSA) is 73.9 Å². The minimum atomic E-state index is -0.00922. The summed E-state index contributed by atoms with van der Waals surface area (Å²) in [6.07, 6.45) is 13.5. The highest BCUT2D eigenvalue weighted by Gasteiger charge is 2.44. The lowest BCUT2D eigenvalue weighted by atomic mass is 9.76. The quantitative estimate of drug-likeness (QED) is 0.614. The fraction of sp³-hybridized carbons (Fsp3) is 0.148. The molecule has 2 aliphatic carbocycles. The number of nitrogens with two attached hydrogens (primary N) is 1. The zero-order valence-corrected chi connectivity index (χ0v) is 17.4. The molecule has 3 aromatic rings. The molecule has 0 radical (unpaired) electrons. The largest absolute Gasteiger partial charge is 0.465 e. The zero-order chi connectivity index (χ0) is 21.5. The maximum Gasteiger partial charge on any atom is 0.223 e. The van der Waals surface area contributed by atoms with Crippen LogP contribution in [0.3, 0.4) is 0 Å². The normalized spacial score (nSPS) is 23.1. The first-order valence-electron chi connectivity index (χ1n) is 10.9. The molecule has 5 nitrogen and oxygen atoms in total. The van der Waals surface area contributed by atoms with Crippen molar-refractivity contribution in [3.05, 3.63) is 108 Å². The van der Waals surface area contributed by atoms with Crippen LogP contribution in [0.2, 0.25) is 0 Å². The Labute approximate surface area is 186 Å². The second kappa shape index (κ2) is 7.61. The third-order valence-electron chi connectivity index (χ3n) is 6.33. The Morgan fingerprint density at radius 1 is 0.781 bits per heavy atom. The molecule has 156 valence electrons. The van der Waals surface area contributed by atoms with Gasteiger partial charge in [-0.15, -0.1) is 0 Å². The van der Waals surface area contributed by atoms with Crippen LogP contribution in [0.4, 0.5) is 5.95 Å². The number of ether oxygens (including phenoxy) is 1. The number of hydrogen-bond donors (Lipinski definition) is 1. The fourth-order valence-corrected chi connectivity index (χ4v) is 4.80. The van der Waals surface area contributed by atoms with E-state index in [1.807, 2.05) is 42.5 Å². The molecule has 0 saturated carbocycles. The van der Waals surface area contributed by atoms with Gasteiger partial charge in [0.1, 0.15) is 17.3 Å². The molecule has 2 heterocycles. The van der Waals surface area contributed by atoms with Crippen molar-refractivity contribution in [1.82, 2.24) is 15.0 Å². The predicted molar refractivity (Wildman–Crippen MR) is 125 cm³/mol. The van der Waals surface area contributed by atoms with Crippen molar-refractivity contribution in [1.29, 1.82) is 0 Å². The van der Waals surface area contributed by atoms with Gasteiger partial charge in [0.25, 0.3) is 0 Å². The van der Waals surface area contributed by atoms with Crippen LogP contribution in [0, 0.1) is 11.8 Å². The number of rotatable bonds is 3. The highest BCUT2D eigenvalue weighted by atomic mass is 16.5. The van der Waals surface area contributed by atoms with E-state index in [0.717, 1.165) is 29.1 Å². The zero-order valence-electron chi connectivity index (χ0n) is 17.4. The van der Waals surface area contributed by atoms with Gasteiger partial charge in [-0.05, 0) is 29.7 Å². The van der Waals surface area contributed by atoms with Gasteiger partial charge in [-0.3, -0.25) is 0 Å². The first kappa shape index (κ1) is 18.8. The third kappa shape index (κ3) is 3.23. The Kier molecular flexibility index (Phi) is 4.46. The Balaban J connectivity index is 1.34. The highest BCUT2D eigenvalue weighted by Crippen LogP contribution is 2.50. The van der Waals surface area contributed by atoms with Crippen molar-refractivity contribution in [3.8, 4) is 22.5 Å². The van der Waals surface area contributed by atoms with Crippen LogP contribution in [0.25, 0.3) is 22.5 Å². The van der Waals surface area contributed by atoms with Gasteiger partial charge in [0.15, 0.2) is 5.82 Å². The molecule has 3 unspecified atom stereocenters. The summed E-state index contributed by atoms with van der Waals surface area (Å²) in [6, 6.07) is 18.5. The summed E-state index contributed by atoms with van der Waals surface area (Å²) in [5, 5.41) is 0. The van der Waals surface area contributed by atoms with Crippen molar-refractivity contribution < 1.29 is 4.74 Å². The van der Waals surface area contributed by atoms with E-state index in [2.05, 4.69) is 58.5 Å². The van der Waals surface area contributed by atoms with Gasteiger partial charge in [0, 0.05) is 23.3 Å². The second-order valence-corrected chi connectivity index (χ2v) is 8.27. The van der Waals surface area contributed by atoms with Crippen molar-refractivity contribution in [3.63, 3.8) is 0 Å². The lowest BCUT2D eigenvalue weighted by Crippen LogP contribution is -2.22. The molecule has 1 saturated heterocycles. The first-order valence-corrected chi connectivity index (χ1v) is 10.9. The van der Waals surface area contributed by atoms with Gasteiger partial charge in [-0.1, -0.05) is 78.9 Å². The smallest absolute Gasteiger partial charge is 0.223 e. The van der Waals surface area contributed by atoms with E-state index in [4.69, 9.17) is 15.5 Å². The number of fused-ring (bicyclic) bond motifs is 3. The van der Waals surface area contributed by atoms with Crippen LogP contribution in [0.15, 0.2) is 103 Å². The Morgan fingerprint density at radius 3 is 2.38 bits per heavy atom. The van der Waals surface area contributed by atoms with Crippen molar-refractivity contribution in [2.24, 2.45) is 11.8 Å². The molecule has 6 rings (SSSR count). The summed E-state index contributed by atoms with van der Waals surface area (Å²) in [5.74, 6) is 3.98. The number of hydrogen-bond acceptors (Lipinski definition) is 5. The minimum Gasteiger partial charge on any atom is -0.465 e. The SMILES string of the molecule is Nc1nc(-c2ccc(-c3ccccc3)cc2)nc(C2C=CC=C3OC4=CC=CCC4C32)n1. The molecule has 1 aliphatic heterocycles. The number of allylic oxidation sites excluding steroid dienone is 8. The van der Waals surface area contributed by atoms with Crippen molar-refractivity contribution in [2.45, 2.75) is 12.3 Å². The number of nitrogens with zero attached hydrogens (tertiary/aromatic N) is 3. The van der Waals surface area contributed by atoms with E-state index >= 15 is 0 Å². The molecule has 0 amide bonds. The summed E-state index contributed by atoms with van der Waals surface area (Å²) in [7, 11) is 0. The number of anilines is 1. The fourth-order valence-electron chi connectivity index (χ4n) is 4.80. The Bertz CT molecular complexity index is 1290. The predicted octanol–water partition coefficient (Wildman–Crippen LogP) is 5.43. The van der Waals surface area contributed by atoms with E-state index in [1.54, 1.807) is 0 Å². The van der Waals surface area contributed by atoms with Crippen molar-refractivity contribution in [2.75, 3.05) is 5.73 Å². The molecule has 1 fully saturated rings. The van der Waals surface area contributed by atoms with E-state index < -0.39 is 0 Å². The van der Waals surface area contributed by atoms with E-state index in [0.29, 0.717) is 17.6 Å². The molecule has 0 spiro atoms. The van der Waals surface area contributed by atoms with Crippen LogP contribution < -0.4 is 5.73 Å². The summed E-state index contributed by atoms with van der Waals surface area (Å²) < 4.78 is 6.14. The first-order chi connectivity index (χ1) is 15.8. The van der Waals surface area contributed by atoms with E-state index in [1.165, 1.54) is 5.56 Å². The van der Waals surface area contributed by atoms with E-state index in [-0.39, 0.29) is 17.8 Å². The third-order valence-corrected chi connectivity index (χ3v) is 6.33. The lowest BCUT2D eigenvalue weighted by molar-refractivity contribution is 0.319. The van der Waals surface area contributed by atoms with Gasteiger partial charge >= 0.3 is 0 Å². The molecule has 32 heavy (non-hydrogen) atoms. The summed E-state index contributed by atoms with van der Waals surface area (Å²) in [6.45, 7) is 0. The van der Waals surface area contributed by atoms with Gasteiger partial charge in [-0.2, -0.15) is 9.97 Å². The molecule has 3 atom stereocenters. The molecular formula is C27H22N4O. The van der Waals surface area contributed by atoms with Crippen LogP contribution in [0.1, 0.15) is 18.2 Å². The Morgan fingerprint density at radius 2 is 1.53 bits per heavy atom. The van der Waals surface area contributed by atoms with Crippen LogP contribution in [-0.4, -0.2) is 15.0 Å². The number of nitrogen functional groups attached to an aromatic ring is 1. The van der Waals surface area contributed by atoms with E-state index in [9.17, 15) is 0 Å². The summed E-state index contributed by atoms with van der Waals surface area (Å²) in [5.41, 5.74) is 9.38. The Hall–Kier alpha value is -3.99. The summed E-state index contributed by atoms with van der Waals surface area (Å²) >= 11 is 0. The standard InChI is InChI=1S/C27H22N4O/c28-27-30-25(19-15-13-18(14-16-19)17-7-2-1-3-8-17)29-26(31-27)21-10-6-12-23-24(21)20-9-4-5-11-22(20)32-23/h1-8,10-16,20-21,24H,9H2,(H2,28,29,30,31). The lowest BCUT2D eigenvalue weighted by Gasteiger charge is -2.26. The molecule has 5 heteroatoms. The van der Waals surface area contributed by atoms with Gasteiger partial charge in [-0.25, -0.2) is 4.98 Å². The molecule has 0 bridgehead atoms. The van der Waals surface area contributed by atoms with Gasteiger partial charge in [0.2, 0.25) is 5.95 Å². The average molecular weight is 419 g/mol. The van der Waals surface area contributed by atoms with Crippen LogP contribution in [-0.2, 0) is 4.74 Å². The maximum absolute atomic E-state index is 6.14. The van der Waals surface area contributed by atoms with Crippen LogP contribution >= 0.6 is 0 Å². The monoisotopic (exact) mass is 418 g/mol. The molecule has 1 aromatic heterocycles. The number of benzene rings is 2. The molecule has 2 aromatic carbocycles. The van der Waals surface area contributed by atoms with Gasteiger partial charge < -0.3 is 10.5 Å². The summed E-state index contributed by atoms with van der Waals surface area (Å²) in [4.78, 5) is 13.8. The highest BCUT2D eigenvalue weighted by molar-refractivity contribution is 5.67. The number of aromatic nitrogens is 3. The molecule has 3 aliphatic rings.